The van der Waals surface area contributed by atoms with Crippen LogP contribution in [0.4, 0.5) is 10.5 Å². The minimum Gasteiger partial charge on any atom is -0.496 e. The number of likely N-dealkylation sites (tertiary alicyclic amines) is 1. The van der Waals surface area contributed by atoms with Gasteiger partial charge in [0.25, 0.3) is 0 Å². The van der Waals surface area contributed by atoms with Crippen LogP contribution >= 0.6 is 0 Å². The monoisotopic (exact) mass is 316 g/mol. The standard InChI is InChI=1S/C16H20N4O3/c1-19-9-11(8-17-19)14-4-3-12(7-15(14)23-2)18-13-5-6-20(10-13)16(21)22/h3-4,7-9,13,18H,5-6,10H2,1-2H3,(H,21,22)/t13-/m1/s1. The molecule has 1 aliphatic heterocycles. The number of aromatic nitrogens is 2. The molecule has 7 nitrogen and oxygen atoms in total. The van der Waals surface area contributed by atoms with E-state index in [1.807, 2.05) is 31.4 Å². The molecule has 122 valence electrons. The van der Waals surface area contributed by atoms with Crippen LogP contribution in [0, 0.1) is 0 Å². The van der Waals surface area contributed by atoms with Crippen LogP contribution in [0.2, 0.25) is 0 Å². The van der Waals surface area contributed by atoms with Crippen LogP contribution in [-0.2, 0) is 7.05 Å². The van der Waals surface area contributed by atoms with Gasteiger partial charge < -0.3 is 20.1 Å². The highest BCUT2D eigenvalue weighted by molar-refractivity contribution is 5.72. The van der Waals surface area contributed by atoms with Crippen LogP contribution in [0.3, 0.4) is 0 Å². The zero-order chi connectivity index (χ0) is 16.4. The second-order valence-corrected chi connectivity index (χ2v) is 5.68. The van der Waals surface area contributed by atoms with Gasteiger partial charge in [0.15, 0.2) is 0 Å². The molecule has 23 heavy (non-hydrogen) atoms. The first-order valence-electron chi connectivity index (χ1n) is 7.48. The second kappa shape index (κ2) is 6.20. The number of hydrogen-bond donors (Lipinski definition) is 2. The van der Waals surface area contributed by atoms with Gasteiger partial charge in [-0.1, -0.05) is 0 Å². The van der Waals surface area contributed by atoms with E-state index in [2.05, 4.69) is 10.4 Å². The third kappa shape index (κ3) is 3.23. The fourth-order valence-corrected chi connectivity index (χ4v) is 2.87. The fourth-order valence-electron chi connectivity index (χ4n) is 2.87. The van der Waals surface area contributed by atoms with E-state index in [1.165, 1.54) is 4.90 Å². The minimum absolute atomic E-state index is 0.125. The van der Waals surface area contributed by atoms with Crippen LogP contribution in [0.15, 0.2) is 30.6 Å². The highest BCUT2D eigenvalue weighted by atomic mass is 16.5. The summed E-state index contributed by atoms with van der Waals surface area (Å²) in [6, 6.07) is 6.03. The summed E-state index contributed by atoms with van der Waals surface area (Å²) in [6.45, 7) is 1.07. The number of methoxy groups -OCH3 is 1. The van der Waals surface area contributed by atoms with Crippen molar-refractivity contribution in [2.45, 2.75) is 12.5 Å². The summed E-state index contributed by atoms with van der Waals surface area (Å²) in [6.07, 6.45) is 3.68. The Kier molecular flexibility index (Phi) is 4.10. The number of carboxylic acid groups (broad SMARTS) is 1. The molecule has 1 aromatic heterocycles. The van der Waals surface area contributed by atoms with Gasteiger partial charge in [-0.25, -0.2) is 4.79 Å². The number of anilines is 1. The number of amides is 1. The lowest BCUT2D eigenvalue weighted by Gasteiger charge is -2.16. The first-order valence-corrected chi connectivity index (χ1v) is 7.48. The van der Waals surface area contributed by atoms with Gasteiger partial charge in [-0.05, 0) is 18.6 Å². The average molecular weight is 316 g/mol. The molecule has 1 fully saturated rings. The van der Waals surface area contributed by atoms with E-state index in [4.69, 9.17) is 9.84 Å². The number of nitrogens with zero attached hydrogens (tertiary/aromatic N) is 3. The van der Waals surface area contributed by atoms with Crippen LogP contribution < -0.4 is 10.1 Å². The van der Waals surface area contributed by atoms with Crippen molar-refractivity contribution < 1.29 is 14.6 Å². The number of carbonyl (C=O) groups is 1. The first-order chi connectivity index (χ1) is 11.1. The largest absolute Gasteiger partial charge is 0.496 e. The molecule has 0 unspecified atom stereocenters. The maximum atomic E-state index is 11.0. The summed E-state index contributed by atoms with van der Waals surface area (Å²) >= 11 is 0. The second-order valence-electron chi connectivity index (χ2n) is 5.68. The molecule has 3 rings (SSSR count). The van der Waals surface area contributed by atoms with Crippen molar-refractivity contribution in [2.75, 3.05) is 25.5 Å². The van der Waals surface area contributed by atoms with Crippen molar-refractivity contribution in [1.29, 1.82) is 0 Å². The summed E-state index contributed by atoms with van der Waals surface area (Å²) in [7, 11) is 3.51. The maximum absolute atomic E-state index is 11.0. The average Bonchev–Trinajstić information content (AvgIpc) is 3.16. The van der Waals surface area contributed by atoms with Gasteiger partial charge in [0.05, 0.1) is 13.3 Å². The maximum Gasteiger partial charge on any atom is 0.407 e. The molecule has 2 aromatic rings. The van der Waals surface area contributed by atoms with E-state index >= 15 is 0 Å². The van der Waals surface area contributed by atoms with E-state index in [1.54, 1.807) is 18.0 Å². The summed E-state index contributed by atoms with van der Waals surface area (Å²) in [5.74, 6) is 0.760. The summed E-state index contributed by atoms with van der Waals surface area (Å²) in [4.78, 5) is 12.4. The van der Waals surface area contributed by atoms with Crippen molar-refractivity contribution in [1.82, 2.24) is 14.7 Å². The van der Waals surface area contributed by atoms with Gasteiger partial charge in [0.1, 0.15) is 5.75 Å². The Balaban J connectivity index is 1.76. The molecule has 0 spiro atoms. The van der Waals surface area contributed by atoms with Crippen molar-refractivity contribution in [3.05, 3.63) is 30.6 Å². The Morgan fingerprint density at radius 1 is 1.48 bits per heavy atom. The molecule has 0 bridgehead atoms. The van der Waals surface area contributed by atoms with Crippen molar-refractivity contribution in [2.24, 2.45) is 7.05 Å². The fraction of sp³-hybridized carbons (Fsp3) is 0.375. The quantitative estimate of drug-likeness (QED) is 0.904. The van der Waals surface area contributed by atoms with E-state index < -0.39 is 6.09 Å². The number of rotatable bonds is 4. The number of hydrogen-bond acceptors (Lipinski definition) is 4. The lowest BCUT2D eigenvalue weighted by atomic mass is 10.1. The van der Waals surface area contributed by atoms with Gasteiger partial charge in [0.2, 0.25) is 0 Å². The molecule has 0 radical (unpaired) electrons. The molecule has 7 heteroatoms. The molecular weight excluding hydrogens is 296 g/mol. The van der Waals surface area contributed by atoms with Crippen molar-refractivity contribution in [3.63, 3.8) is 0 Å². The Labute approximate surface area is 134 Å². The van der Waals surface area contributed by atoms with Crippen LogP contribution in [0.1, 0.15) is 6.42 Å². The Hall–Kier alpha value is -2.70. The lowest BCUT2D eigenvalue weighted by molar-refractivity contribution is 0.155. The van der Waals surface area contributed by atoms with E-state index in [0.29, 0.717) is 13.1 Å². The molecule has 1 atom stereocenters. The number of nitrogens with one attached hydrogen (secondary N) is 1. The predicted octanol–water partition coefficient (Wildman–Crippen LogP) is 2.26. The molecule has 2 N–H and O–H groups in total. The molecule has 1 aromatic carbocycles. The molecule has 0 aliphatic carbocycles. The van der Waals surface area contributed by atoms with Crippen LogP contribution in [0.25, 0.3) is 11.1 Å². The van der Waals surface area contributed by atoms with Crippen molar-refractivity contribution in [3.8, 4) is 16.9 Å². The minimum atomic E-state index is -0.862. The third-order valence-electron chi connectivity index (χ3n) is 4.05. The van der Waals surface area contributed by atoms with Gasteiger partial charge in [0, 0.05) is 55.3 Å². The van der Waals surface area contributed by atoms with E-state index in [0.717, 1.165) is 29.0 Å². The molecule has 1 saturated heterocycles. The Bertz CT molecular complexity index is 713. The number of benzene rings is 1. The molecule has 2 heterocycles. The van der Waals surface area contributed by atoms with Gasteiger partial charge in [-0.3, -0.25) is 4.68 Å². The van der Waals surface area contributed by atoms with Gasteiger partial charge >= 0.3 is 6.09 Å². The zero-order valence-corrected chi connectivity index (χ0v) is 13.2. The third-order valence-corrected chi connectivity index (χ3v) is 4.05. The summed E-state index contributed by atoms with van der Waals surface area (Å²) in [5.41, 5.74) is 2.89. The molecular formula is C16H20N4O3. The zero-order valence-electron chi connectivity index (χ0n) is 13.2. The molecule has 0 saturated carbocycles. The molecule has 1 aliphatic rings. The summed E-state index contributed by atoms with van der Waals surface area (Å²) in [5, 5.41) is 16.6. The highest BCUT2D eigenvalue weighted by Crippen LogP contribution is 2.32. The topological polar surface area (TPSA) is 79.6 Å². The normalized spacial score (nSPS) is 17.3. The van der Waals surface area contributed by atoms with Crippen LogP contribution in [-0.4, -0.2) is 52.1 Å². The predicted molar refractivity (Wildman–Crippen MR) is 86.8 cm³/mol. The van der Waals surface area contributed by atoms with Crippen molar-refractivity contribution >= 4 is 11.8 Å². The number of ether oxygens (including phenoxy) is 1. The number of aryl methyl sites for hydroxylation is 1. The van der Waals surface area contributed by atoms with E-state index in [-0.39, 0.29) is 6.04 Å². The SMILES string of the molecule is COc1cc(N[C@@H]2CCN(C(=O)O)C2)ccc1-c1cnn(C)c1. The molecule has 1 amide bonds. The Morgan fingerprint density at radius 3 is 2.91 bits per heavy atom. The van der Waals surface area contributed by atoms with Gasteiger partial charge in [-0.15, -0.1) is 0 Å². The Morgan fingerprint density at radius 2 is 2.30 bits per heavy atom. The van der Waals surface area contributed by atoms with Gasteiger partial charge in [-0.2, -0.15) is 5.10 Å². The van der Waals surface area contributed by atoms with E-state index in [9.17, 15) is 4.79 Å². The smallest absolute Gasteiger partial charge is 0.407 e. The summed E-state index contributed by atoms with van der Waals surface area (Å²) < 4.78 is 7.24. The first kappa shape index (κ1) is 15.2. The lowest BCUT2D eigenvalue weighted by Crippen LogP contribution is -2.30. The van der Waals surface area contributed by atoms with Crippen LogP contribution in [0.5, 0.6) is 5.75 Å². The highest BCUT2D eigenvalue weighted by Gasteiger charge is 2.25.